The predicted molar refractivity (Wildman–Crippen MR) is 92.0 cm³/mol. The highest BCUT2D eigenvalue weighted by Gasteiger charge is 2.28. The lowest BCUT2D eigenvalue weighted by Gasteiger charge is -2.31. The van der Waals surface area contributed by atoms with Crippen LogP contribution in [0.1, 0.15) is 56.4 Å². The minimum absolute atomic E-state index is 0.424. The molecule has 0 saturated heterocycles. The van der Waals surface area contributed by atoms with Crippen LogP contribution < -0.4 is 10.6 Å². The van der Waals surface area contributed by atoms with Gasteiger partial charge in [0, 0.05) is 18.3 Å². The molecule has 0 bridgehead atoms. The second-order valence-electron chi connectivity index (χ2n) is 6.73. The van der Waals surface area contributed by atoms with Crippen LogP contribution in [0.4, 0.5) is 5.82 Å². The Morgan fingerprint density at radius 3 is 2.71 bits per heavy atom. The van der Waals surface area contributed by atoms with E-state index in [2.05, 4.69) is 24.8 Å². The summed E-state index contributed by atoms with van der Waals surface area (Å²) in [5.41, 5.74) is 9.58. The monoisotopic (exact) mass is 303 g/mol. The Bertz CT molecular complexity index is 549. The molecule has 0 spiro atoms. The molecular formula is C17H25N3S. The van der Waals surface area contributed by atoms with Crippen molar-refractivity contribution in [2.24, 2.45) is 11.7 Å². The molecule has 4 heteroatoms. The molecule has 2 aliphatic rings. The van der Waals surface area contributed by atoms with Crippen LogP contribution in [0.25, 0.3) is 0 Å². The van der Waals surface area contributed by atoms with Crippen LogP contribution in [-0.4, -0.2) is 22.6 Å². The molecule has 0 unspecified atom stereocenters. The first-order valence-electron chi connectivity index (χ1n) is 8.15. The number of fused-ring (bicyclic) bond motifs is 1. The van der Waals surface area contributed by atoms with Gasteiger partial charge < -0.3 is 10.6 Å². The summed E-state index contributed by atoms with van der Waals surface area (Å²) in [5.74, 6) is 1.84. The molecule has 0 aromatic carbocycles. The quantitative estimate of drug-likeness (QED) is 0.848. The smallest absolute Gasteiger partial charge is 0.139 e. The van der Waals surface area contributed by atoms with Crippen LogP contribution >= 0.6 is 12.2 Å². The van der Waals surface area contributed by atoms with Crippen molar-refractivity contribution in [3.8, 4) is 0 Å². The Kier molecular flexibility index (Phi) is 4.16. The first kappa shape index (κ1) is 14.8. The van der Waals surface area contributed by atoms with E-state index < -0.39 is 0 Å². The Morgan fingerprint density at radius 1 is 1.38 bits per heavy atom. The molecule has 0 radical (unpaired) electrons. The standard InChI is InChI=1S/C17H25N3S/c1-11(2)20(10-12-7-8-12)17-14(16(18)21)9-13-5-3-4-6-15(13)19-17/h9,11-12H,3-8,10H2,1-2H3,(H2,18,21). The van der Waals surface area contributed by atoms with Gasteiger partial charge in [-0.1, -0.05) is 12.2 Å². The summed E-state index contributed by atoms with van der Waals surface area (Å²) >= 11 is 5.30. The second kappa shape index (κ2) is 5.91. The second-order valence-corrected chi connectivity index (χ2v) is 7.17. The summed E-state index contributed by atoms with van der Waals surface area (Å²) in [6.07, 6.45) is 7.39. The molecule has 0 atom stereocenters. The van der Waals surface area contributed by atoms with Gasteiger partial charge >= 0.3 is 0 Å². The van der Waals surface area contributed by atoms with Gasteiger partial charge in [0.1, 0.15) is 10.8 Å². The lowest BCUT2D eigenvalue weighted by atomic mass is 9.94. The first-order valence-corrected chi connectivity index (χ1v) is 8.56. The van der Waals surface area contributed by atoms with E-state index in [1.807, 2.05) is 0 Å². The summed E-state index contributed by atoms with van der Waals surface area (Å²) in [6.45, 7) is 5.54. The van der Waals surface area contributed by atoms with Gasteiger partial charge in [-0.05, 0) is 69.9 Å². The summed E-state index contributed by atoms with van der Waals surface area (Å²) in [7, 11) is 0. The molecule has 3 nitrogen and oxygen atoms in total. The van der Waals surface area contributed by atoms with E-state index in [1.165, 1.54) is 36.9 Å². The zero-order chi connectivity index (χ0) is 15.0. The van der Waals surface area contributed by atoms with Gasteiger partial charge in [0.05, 0.1) is 5.56 Å². The van der Waals surface area contributed by atoms with Crippen molar-refractivity contribution in [3.63, 3.8) is 0 Å². The molecule has 0 amide bonds. The van der Waals surface area contributed by atoms with Crippen LogP contribution in [0.3, 0.4) is 0 Å². The van der Waals surface area contributed by atoms with Gasteiger partial charge in [-0.15, -0.1) is 0 Å². The number of rotatable bonds is 5. The number of aryl methyl sites for hydroxylation is 2. The molecule has 1 saturated carbocycles. The molecular weight excluding hydrogens is 278 g/mol. The third-order valence-electron chi connectivity index (χ3n) is 4.59. The van der Waals surface area contributed by atoms with Crippen LogP contribution in [0.5, 0.6) is 0 Å². The molecule has 21 heavy (non-hydrogen) atoms. The molecule has 114 valence electrons. The zero-order valence-corrected chi connectivity index (χ0v) is 13.9. The van der Waals surface area contributed by atoms with Crippen molar-refractivity contribution >= 4 is 23.0 Å². The van der Waals surface area contributed by atoms with E-state index in [9.17, 15) is 0 Å². The fourth-order valence-corrected chi connectivity index (χ4v) is 3.29. The van der Waals surface area contributed by atoms with E-state index >= 15 is 0 Å². The first-order chi connectivity index (χ1) is 10.1. The Hall–Kier alpha value is -1.16. The largest absolute Gasteiger partial charge is 0.389 e. The van der Waals surface area contributed by atoms with Gasteiger partial charge in [0.25, 0.3) is 0 Å². The maximum absolute atomic E-state index is 6.00. The minimum atomic E-state index is 0.424. The van der Waals surface area contributed by atoms with E-state index in [1.54, 1.807) is 0 Å². The van der Waals surface area contributed by atoms with E-state index in [4.69, 9.17) is 22.9 Å². The maximum Gasteiger partial charge on any atom is 0.139 e. The molecule has 0 aliphatic heterocycles. The Labute approximate surface area is 132 Å². The van der Waals surface area contributed by atoms with Crippen LogP contribution in [0.15, 0.2) is 6.07 Å². The average molecular weight is 303 g/mol. The maximum atomic E-state index is 6.00. The highest BCUT2D eigenvalue weighted by Crippen LogP contribution is 2.34. The van der Waals surface area contributed by atoms with Gasteiger partial charge in [-0.25, -0.2) is 4.98 Å². The predicted octanol–water partition coefficient (Wildman–Crippen LogP) is 3.22. The number of thiocarbonyl (C=S) groups is 1. The van der Waals surface area contributed by atoms with Gasteiger partial charge in [0.2, 0.25) is 0 Å². The normalized spacial score (nSPS) is 17.7. The fourth-order valence-electron chi connectivity index (χ4n) is 3.14. The number of anilines is 1. The fraction of sp³-hybridized carbons (Fsp3) is 0.647. The lowest BCUT2D eigenvalue weighted by molar-refractivity contribution is 0.624. The Balaban J connectivity index is 2.02. The number of aromatic nitrogens is 1. The summed E-state index contributed by atoms with van der Waals surface area (Å²) < 4.78 is 0. The van der Waals surface area contributed by atoms with Gasteiger partial charge in [-0.2, -0.15) is 0 Å². The number of nitrogens with zero attached hydrogens (tertiary/aromatic N) is 2. The van der Waals surface area contributed by atoms with Crippen molar-refractivity contribution in [1.82, 2.24) is 4.98 Å². The molecule has 1 aromatic rings. The van der Waals surface area contributed by atoms with Crippen LogP contribution in [0.2, 0.25) is 0 Å². The van der Waals surface area contributed by atoms with Gasteiger partial charge in [-0.3, -0.25) is 0 Å². The van der Waals surface area contributed by atoms with Crippen molar-refractivity contribution in [2.45, 2.75) is 58.4 Å². The summed E-state index contributed by atoms with van der Waals surface area (Å²) in [4.78, 5) is 7.88. The minimum Gasteiger partial charge on any atom is -0.389 e. The van der Waals surface area contributed by atoms with Crippen LogP contribution in [-0.2, 0) is 12.8 Å². The molecule has 2 aliphatic carbocycles. The van der Waals surface area contributed by atoms with Crippen molar-refractivity contribution in [2.75, 3.05) is 11.4 Å². The molecule has 1 aromatic heterocycles. The van der Waals surface area contributed by atoms with Crippen molar-refractivity contribution in [3.05, 3.63) is 22.9 Å². The van der Waals surface area contributed by atoms with E-state index in [-0.39, 0.29) is 0 Å². The molecule has 3 rings (SSSR count). The third kappa shape index (κ3) is 3.20. The topological polar surface area (TPSA) is 42.2 Å². The number of nitrogens with two attached hydrogens (primary N) is 1. The third-order valence-corrected chi connectivity index (χ3v) is 4.81. The summed E-state index contributed by atoms with van der Waals surface area (Å²) in [6, 6.07) is 2.63. The molecule has 2 N–H and O–H groups in total. The van der Waals surface area contributed by atoms with Crippen LogP contribution in [0, 0.1) is 5.92 Å². The lowest BCUT2D eigenvalue weighted by Crippen LogP contribution is -2.36. The van der Waals surface area contributed by atoms with E-state index in [0.717, 1.165) is 36.7 Å². The highest BCUT2D eigenvalue weighted by molar-refractivity contribution is 7.80. The highest BCUT2D eigenvalue weighted by atomic mass is 32.1. The Morgan fingerprint density at radius 2 is 2.10 bits per heavy atom. The van der Waals surface area contributed by atoms with E-state index in [0.29, 0.717) is 11.0 Å². The average Bonchev–Trinajstić information content (AvgIpc) is 3.27. The van der Waals surface area contributed by atoms with Gasteiger partial charge in [0.15, 0.2) is 0 Å². The number of hydrogen-bond acceptors (Lipinski definition) is 3. The van der Waals surface area contributed by atoms with Crippen molar-refractivity contribution in [1.29, 1.82) is 0 Å². The van der Waals surface area contributed by atoms with Crippen molar-refractivity contribution < 1.29 is 0 Å². The molecule has 1 fully saturated rings. The summed E-state index contributed by atoms with van der Waals surface area (Å²) in [5, 5.41) is 0. The molecule has 1 heterocycles. The zero-order valence-electron chi connectivity index (χ0n) is 13.1. The SMILES string of the molecule is CC(C)N(CC1CC1)c1nc2c(cc1C(N)=S)CCCC2. The number of hydrogen-bond donors (Lipinski definition) is 1. The number of pyridine rings is 1.